The van der Waals surface area contributed by atoms with Crippen molar-refractivity contribution in [1.82, 2.24) is 4.57 Å². The van der Waals surface area contributed by atoms with E-state index in [2.05, 4.69) is 4.57 Å². The largest absolute Gasteiger partial charge is 0.454 e. The van der Waals surface area contributed by atoms with Gasteiger partial charge in [-0.25, -0.2) is 4.79 Å². The Morgan fingerprint density at radius 2 is 1.96 bits per heavy atom. The summed E-state index contributed by atoms with van der Waals surface area (Å²) in [6.45, 7) is 7.07. The van der Waals surface area contributed by atoms with Crippen LogP contribution in [0.15, 0.2) is 30.3 Å². The predicted molar refractivity (Wildman–Crippen MR) is 98.7 cm³/mol. The molecule has 1 aliphatic rings. The smallest absolute Gasteiger partial charge is 0.338 e. The Kier molecular flexibility index (Phi) is 5.57. The standard InChI is InChI=1S/C21H25NO4/c1-14-7-4-5-9-18(14)21(24)26-13-20(23)19-11-15(2)22(16(19)3)12-17-8-6-10-25-17/h4-5,7,9,11,17H,6,8,10,12-13H2,1-3H3/t17-/m0/s1. The molecule has 0 saturated carbocycles. The van der Waals surface area contributed by atoms with E-state index in [1.165, 1.54) is 0 Å². The highest BCUT2D eigenvalue weighted by molar-refractivity contribution is 6.00. The average Bonchev–Trinajstić information content (AvgIpc) is 3.23. The van der Waals surface area contributed by atoms with Gasteiger partial charge in [0.05, 0.1) is 11.7 Å². The van der Waals surface area contributed by atoms with E-state index in [0.29, 0.717) is 11.1 Å². The molecule has 0 N–H and O–H groups in total. The number of aromatic nitrogens is 1. The van der Waals surface area contributed by atoms with Gasteiger partial charge in [-0.3, -0.25) is 4.79 Å². The zero-order valence-corrected chi connectivity index (χ0v) is 15.6. The minimum Gasteiger partial charge on any atom is -0.454 e. The lowest BCUT2D eigenvalue weighted by atomic mass is 10.1. The third-order valence-corrected chi connectivity index (χ3v) is 4.98. The minimum absolute atomic E-state index is 0.182. The molecule has 0 spiro atoms. The Bertz CT molecular complexity index is 815. The van der Waals surface area contributed by atoms with Crippen LogP contribution < -0.4 is 0 Å². The van der Waals surface area contributed by atoms with Crippen LogP contribution in [0.4, 0.5) is 0 Å². The molecule has 26 heavy (non-hydrogen) atoms. The zero-order valence-electron chi connectivity index (χ0n) is 15.6. The van der Waals surface area contributed by atoms with Crippen molar-refractivity contribution in [3.05, 3.63) is 58.4 Å². The maximum atomic E-state index is 12.6. The van der Waals surface area contributed by atoms with E-state index < -0.39 is 5.97 Å². The molecule has 1 saturated heterocycles. The molecule has 5 nitrogen and oxygen atoms in total. The molecule has 1 fully saturated rings. The first-order valence-electron chi connectivity index (χ1n) is 9.01. The van der Waals surface area contributed by atoms with Crippen molar-refractivity contribution in [2.75, 3.05) is 13.2 Å². The summed E-state index contributed by atoms with van der Waals surface area (Å²) in [7, 11) is 0. The van der Waals surface area contributed by atoms with E-state index in [9.17, 15) is 9.59 Å². The fourth-order valence-electron chi connectivity index (χ4n) is 3.44. The molecule has 5 heteroatoms. The van der Waals surface area contributed by atoms with Crippen LogP contribution in [0.3, 0.4) is 0 Å². The van der Waals surface area contributed by atoms with Crippen LogP contribution in [0.5, 0.6) is 0 Å². The van der Waals surface area contributed by atoms with Crippen LogP contribution in [0.1, 0.15) is 50.5 Å². The van der Waals surface area contributed by atoms with Gasteiger partial charge in [0.1, 0.15) is 0 Å². The third kappa shape index (κ3) is 3.88. The Morgan fingerprint density at radius 3 is 2.65 bits per heavy atom. The number of aryl methyl sites for hydroxylation is 2. The fourth-order valence-corrected chi connectivity index (χ4v) is 3.44. The molecule has 1 aromatic heterocycles. The molecular weight excluding hydrogens is 330 g/mol. The van der Waals surface area contributed by atoms with Crippen LogP contribution in [0.2, 0.25) is 0 Å². The summed E-state index contributed by atoms with van der Waals surface area (Å²) < 4.78 is 13.1. The topological polar surface area (TPSA) is 57.5 Å². The summed E-state index contributed by atoms with van der Waals surface area (Å²) in [6, 6.07) is 9.06. The monoisotopic (exact) mass is 355 g/mol. The van der Waals surface area contributed by atoms with E-state index >= 15 is 0 Å². The summed E-state index contributed by atoms with van der Waals surface area (Å²) in [4.78, 5) is 24.8. The summed E-state index contributed by atoms with van der Waals surface area (Å²) in [6.07, 6.45) is 2.35. The van der Waals surface area contributed by atoms with E-state index in [0.717, 1.165) is 42.9 Å². The van der Waals surface area contributed by atoms with Crippen molar-refractivity contribution >= 4 is 11.8 Å². The summed E-state index contributed by atoms with van der Waals surface area (Å²) >= 11 is 0. The van der Waals surface area contributed by atoms with Crippen LogP contribution in [-0.4, -0.2) is 35.6 Å². The fraction of sp³-hybridized carbons (Fsp3) is 0.429. The Hall–Kier alpha value is -2.40. The lowest BCUT2D eigenvalue weighted by molar-refractivity contribution is 0.0473. The van der Waals surface area contributed by atoms with Crippen LogP contribution >= 0.6 is 0 Å². The number of ketones is 1. The lowest BCUT2D eigenvalue weighted by Crippen LogP contribution is -2.18. The maximum absolute atomic E-state index is 12.6. The van der Waals surface area contributed by atoms with E-state index in [-0.39, 0.29) is 18.5 Å². The second-order valence-corrected chi connectivity index (χ2v) is 6.84. The third-order valence-electron chi connectivity index (χ3n) is 4.98. The van der Waals surface area contributed by atoms with Gasteiger partial charge in [0.25, 0.3) is 0 Å². The summed E-state index contributed by atoms with van der Waals surface area (Å²) in [5.41, 5.74) is 3.85. The van der Waals surface area contributed by atoms with Gasteiger partial charge in [0.2, 0.25) is 5.78 Å². The number of benzene rings is 1. The molecule has 3 rings (SSSR count). The van der Waals surface area contributed by atoms with Crippen molar-refractivity contribution in [3.8, 4) is 0 Å². The highest BCUT2D eigenvalue weighted by Crippen LogP contribution is 2.21. The number of carbonyl (C=O) groups excluding carboxylic acids is 2. The molecule has 1 aromatic carbocycles. The van der Waals surface area contributed by atoms with E-state index in [1.807, 2.05) is 39.0 Å². The second kappa shape index (κ2) is 7.87. The Balaban J connectivity index is 1.66. The number of hydrogen-bond donors (Lipinski definition) is 0. The van der Waals surface area contributed by atoms with Crippen LogP contribution in [0.25, 0.3) is 0 Å². The molecule has 2 heterocycles. The summed E-state index contributed by atoms with van der Waals surface area (Å²) in [5, 5.41) is 0. The number of esters is 1. The SMILES string of the molecule is Cc1ccccc1C(=O)OCC(=O)c1cc(C)n(C[C@@H]2CCCO2)c1C. The average molecular weight is 355 g/mol. The number of Topliss-reactive ketones (excluding diaryl/α,β-unsaturated/α-hetero) is 1. The number of hydrogen-bond acceptors (Lipinski definition) is 4. The van der Waals surface area contributed by atoms with Gasteiger partial charge < -0.3 is 14.0 Å². The number of carbonyl (C=O) groups is 2. The van der Waals surface area contributed by atoms with Crippen molar-refractivity contribution in [3.63, 3.8) is 0 Å². The molecule has 0 unspecified atom stereocenters. The number of ether oxygens (including phenoxy) is 2. The van der Waals surface area contributed by atoms with Gasteiger partial charge in [0.15, 0.2) is 6.61 Å². The van der Waals surface area contributed by atoms with Crippen LogP contribution in [0, 0.1) is 20.8 Å². The number of nitrogens with zero attached hydrogens (tertiary/aromatic N) is 1. The van der Waals surface area contributed by atoms with Crippen molar-refractivity contribution in [2.24, 2.45) is 0 Å². The van der Waals surface area contributed by atoms with Crippen molar-refractivity contribution in [1.29, 1.82) is 0 Å². The molecular formula is C21H25NO4. The Morgan fingerprint density at radius 1 is 1.19 bits per heavy atom. The van der Waals surface area contributed by atoms with Crippen molar-refractivity contribution < 1.29 is 19.1 Å². The molecule has 2 aromatic rings. The minimum atomic E-state index is -0.468. The van der Waals surface area contributed by atoms with E-state index in [4.69, 9.17) is 9.47 Å². The molecule has 1 aliphatic heterocycles. The normalized spacial score (nSPS) is 16.7. The zero-order chi connectivity index (χ0) is 18.7. The molecule has 0 bridgehead atoms. The quantitative estimate of drug-likeness (QED) is 0.586. The highest BCUT2D eigenvalue weighted by Gasteiger charge is 2.22. The van der Waals surface area contributed by atoms with Gasteiger partial charge >= 0.3 is 5.97 Å². The molecule has 138 valence electrons. The van der Waals surface area contributed by atoms with Crippen LogP contribution in [-0.2, 0) is 16.0 Å². The van der Waals surface area contributed by atoms with Crippen molar-refractivity contribution in [2.45, 2.75) is 46.3 Å². The molecule has 0 amide bonds. The second-order valence-electron chi connectivity index (χ2n) is 6.84. The first-order chi connectivity index (χ1) is 12.5. The van der Waals surface area contributed by atoms with E-state index in [1.54, 1.807) is 12.1 Å². The lowest BCUT2D eigenvalue weighted by Gasteiger charge is -2.14. The molecule has 0 radical (unpaired) electrons. The van der Waals surface area contributed by atoms with Gasteiger partial charge in [0, 0.05) is 30.1 Å². The molecule has 1 atom stereocenters. The first-order valence-corrected chi connectivity index (χ1v) is 9.01. The Labute approximate surface area is 153 Å². The molecule has 0 aliphatic carbocycles. The maximum Gasteiger partial charge on any atom is 0.338 e. The predicted octanol–water partition coefficient (Wildman–Crippen LogP) is 3.63. The van der Waals surface area contributed by atoms with Gasteiger partial charge in [-0.15, -0.1) is 0 Å². The van der Waals surface area contributed by atoms with Gasteiger partial charge in [-0.2, -0.15) is 0 Å². The first kappa shape index (κ1) is 18.4. The number of rotatable bonds is 6. The summed E-state index contributed by atoms with van der Waals surface area (Å²) in [5.74, 6) is -0.650. The van der Waals surface area contributed by atoms with Gasteiger partial charge in [-0.05, 0) is 51.3 Å². The van der Waals surface area contributed by atoms with Gasteiger partial charge in [-0.1, -0.05) is 18.2 Å². The highest BCUT2D eigenvalue weighted by atomic mass is 16.5.